The van der Waals surface area contributed by atoms with Gasteiger partial charge in [0.15, 0.2) is 0 Å². The zero-order valence-electron chi connectivity index (χ0n) is 24.7. The van der Waals surface area contributed by atoms with Crippen LogP contribution >= 0.6 is 0 Å². The van der Waals surface area contributed by atoms with E-state index in [1.807, 2.05) is 12.4 Å². The number of carbonyl (C=O) groups is 1. The second-order valence-corrected chi connectivity index (χ2v) is 12.0. The van der Waals surface area contributed by atoms with Gasteiger partial charge in [-0.1, -0.05) is 44.0 Å². The van der Waals surface area contributed by atoms with Crippen molar-refractivity contribution in [2.75, 3.05) is 26.7 Å². The number of hydrogen-bond acceptors (Lipinski definition) is 5. The highest BCUT2D eigenvalue weighted by atomic mass is 16.2. The van der Waals surface area contributed by atoms with Crippen molar-refractivity contribution in [2.24, 2.45) is 0 Å². The molecule has 216 valence electrons. The number of likely N-dealkylation sites (tertiary alicyclic amines) is 1. The Hall–Kier alpha value is -3.29. The van der Waals surface area contributed by atoms with Gasteiger partial charge in [-0.25, -0.2) is 0 Å². The molecule has 0 unspecified atom stereocenters. The molecule has 2 aliphatic rings. The predicted molar refractivity (Wildman–Crippen MR) is 166 cm³/mol. The zero-order valence-corrected chi connectivity index (χ0v) is 24.7. The van der Waals surface area contributed by atoms with Gasteiger partial charge in [0, 0.05) is 41.3 Å². The van der Waals surface area contributed by atoms with Gasteiger partial charge in [0.05, 0.1) is 22.9 Å². The van der Waals surface area contributed by atoms with Crippen LogP contribution in [0.1, 0.15) is 74.9 Å². The van der Waals surface area contributed by atoms with E-state index in [0.717, 1.165) is 75.0 Å². The molecule has 1 fully saturated rings. The highest BCUT2D eigenvalue weighted by molar-refractivity contribution is 6.09. The number of aryl methyl sites for hydroxylation is 1. The zero-order chi connectivity index (χ0) is 28.2. The van der Waals surface area contributed by atoms with Gasteiger partial charge in [-0.3, -0.25) is 19.7 Å². The second-order valence-electron chi connectivity index (χ2n) is 12.0. The first-order valence-electron chi connectivity index (χ1n) is 15.6. The second kappa shape index (κ2) is 12.7. The Morgan fingerprint density at radius 3 is 2.71 bits per heavy atom. The Balaban J connectivity index is 1.35. The summed E-state index contributed by atoms with van der Waals surface area (Å²) >= 11 is 0. The van der Waals surface area contributed by atoms with Gasteiger partial charge >= 0.3 is 0 Å². The van der Waals surface area contributed by atoms with E-state index in [2.05, 4.69) is 76.1 Å². The van der Waals surface area contributed by atoms with E-state index in [4.69, 9.17) is 9.97 Å². The lowest BCUT2D eigenvalue weighted by molar-refractivity contribution is -0.122. The molecular weight excluding hydrogens is 508 g/mol. The molecule has 1 aliphatic heterocycles. The van der Waals surface area contributed by atoms with E-state index < -0.39 is 0 Å². The summed E-state index contributed by atoms with van der Waals surface area (Å²) in [5, 5.41) is 5.69. The SMILES string of the molecule is CCCCCN(Cc1nccc2c3ccccc3n(CC(=O)NC3CCN(C)CC3)c12)[C@H]1CCCc2cccnc21. The molecule has 1 aliphatic carbocycles. The van der Waals surface area contributed by atoms with E-state index in [-0.39, 0.29) is 11.9 Å². The number of piperidine rings is 1. The monoisotopic (exact) mass is 552 g/mol. The van der Waals surface area contributed by atoms with Crippen LogP contribution in [0.5, 0.6) is 0 Å². The largest absolute Gasteiger partial charge is 0.352 e. The highest BCUT2D eigenvalue weighted by Crippen LogP contribution is 2.36. The molecule has 1 saturated heterocycles. The lowest BCUT2D eigenvalue weighted by atomic mass is 9.90. The smallest absolute Gasteiger partial charge is 0.240 e. The third-order valence-corrected chi connectivity index (χ3v) is 9.15. The van der Waals surface area contributed by atoms with Gasteiger partial charge in [0.1, 0.15) is 6.54 Å². The average molecular weight is 553 g/mol. The lowest BCUT2D eigenvalue weighted by Crippen LogP contribution is -2.44. The van der Waals surface area contributed by atoms with Crippen LogP contribution in [-0.2, 0) is 24.3 Å². The van der Waals surface area contributed by atoms with Crippen molar-refractivity contribution < 1.29 is 4.79 Å². The number of carbonyl (C=O) groups excluding carboxylic acids is 1. The van der Waals surface area contributed by atoms with Gasteiger partial charge in [0.2, 0.25) is 5.91 Å². The van der Waals surface area contributed by atoms with Crippen molar-refractivity contribution in [2.45, 2.75) is 83.5 Å². The molecule has 1 N–H and O–H groups in total. The number of aromatic nitrogens is 3. The number of para-hydroxylation sites is 1. The number of pyridine rings is 2. The number of unbranched alkanes of at least 4 members (excludes halogenated alkanes) is 2. The van der Waals surface area contributed by atoms with Gasteiger partial charge in [-0.05, 0) is 89.0 Å². The molecule has 0 radical (unpaired) electrons. The van der Waals surface area contributed by atoms with Gasteiger partial charge in [0.25, 0.3) is 0 Å². The quantitative estimate of drug-likeness (QED) is 0.250. The fourth-order valence-corrected chi connectivity index (χ4v) is 6.97. The number of amides is 1. The van der Waals surface area contributed by atoms with Crippen LogP contribution in [0, 0.1) is 0 Å². The topological polar surface area (TPSA) is 66.3 Å². The van der Waals surface area contributed by atoms with Crippen molar-refractivity contribution >= 4 is 27.7 Å². The molecule has 7 nitrogen and oxygen atoms in total. The third kappa shape index (κ3) is 6.02. The first kappa shape index (κ1) is 27.9. The first-order valence-corrected chi connectivity index (χ1v) is 15.6. The number of benzene rings is 1. The molecule has 1 atom stereocenters. The minimum Gasteiger partial charge on any atom is -0.352 e. The number of rotatable bonds is 10. The molecule has 41 heavy (non-hydrogen) atoms. The van der Waals surface area contributed by atoms with E-state index in [1.54, 1.807) is 0 Å². The summed E-state index contributed by atoms with van der Waals surface area (Å²) in [4.78, 5) is 28.3. The van der Waals surface area contributed by atoms with Gasteiger partial charge in [-0.15, -0.1) is 0 Å². The van der Waals surface area contributed by atoms with Crippen molar-refractivity contribution in [3.63, 3.8) is 0 Å². The summed E-state index contributed by atoms with van der Waals surface area (Å²) in [6, 6.07) is 15.4. The van der Waals surface area contributed by atoms with Crippen molar-refractivity contribution in [1.82, 2.24) is 29.7 Å². The Morgan fingerprint density at radius 1 is 1.00 bits per heavy atom. The molecule has 0 spiro atoms. The van der Waals surface area contributed by atoms with Crippen molar-refractivity contribution in [3.8, 4) is 0 Å². The number of fused-ring (bicyclic) bond motifs is 4. The van der Waals surface area contributed by atoms with Gasteiger partial charge in [-0.2, -0.15) is 0 Å². The molecule has 1 aromatic carbocycles. The van der Waals surface area contributed by atoms with Crippen molar-refractivity contribution in [1.29, 1.82) is 0 Å². The maximum Gasteiger partial charge on any atom is 0.240 e. The lowest BCUT2D eigenvalue weighted by Gasteiger charge is -2.35. The fourth-order valence-electron chi connectivity index (χ4n) is 6.97. The Bertz CT molecular complexity index is 1490. The number of hydrogen-bond donors (Lipinski definition) is 1. The Labute approximate surface area is 243 Å². The highest BCUT2D eigenvalue weighted by Gasteiger charge is 2.29. The summed E-state index contributed by atoms with van der Waals surface area (Å²) in [5.41, 5.74) is 5.85. The van der Waals surface area contributed by atoms with Crippen molar-refractivity contribution in [3.05, 3.63) is 71.8 Å². The standard InChI is InChI=1S/C34H44N6O/c1-3-4-7-20-39(31-14-8-10-25-11-9-18-36-33(25)31)23-29-34-28(15-19-35-29)27-12-5-6-13-30(27)40(34)24-32(41)37-26-16-21-38(2)22-17-26/h5-6,9,11-13,15,18-19,26,31H,3-4,7-8,10,14,16-17,20-24H2,1-2H3,(H,37,41)/t31-/m0/s1. The molecule has 1 amide bonds. The Kier molecular flexibility index (Phi) is 8.63. The molecule has 3 aromatic heterocycles. The summed E-state index contributed by atoms with van der Waals surface area (Å²) < 4.78 is 2.22. The Morgan fingerprint density at radius 2 is 1.85 bits per heavy atom. The average Bonchev–Trinajstić information content (AvgIpc) is 3.31. The van der Waals surface area contributed by atoms with Crippen LogP contribution in [0.15, 0.2) is 54.9 Å². The molecule has 6 rings (SSSR count). The number of nitrogens with zero attached hydrogens (tertiary/aromatic N) is 5. The minimum atomic E-state index is 0.0854. The molecular formula is C34H44N6O. The van der Waals surface area contributed by atoms with E-state index in [1.165, 1.54) is 41.3 Å². The predicted octanol–water partition coefficient (Wildman–Crippen LogP) is 5.86. The molecule has 0 bridgehead atoms. The van der Waals surface area contributed by atoms with E-state index >= 15 is 0 Å². The summed E-state index contributed by atoms with van der Waals surface area (Å²) in [6.07, 6.45) is 12.9. The molecule has 4 aromatic rings. The molecule has 4 heterocycles. The first-order chi connectivity index (χ1) is 20.1. The molecule has 7 heteroatoms. The third-order valence-electron chi connectivity index (χ3n) is 9.15. The van der Waals surface area contributed by atoms with E-state index in [9.17, 15) is 4.79 Å². The van der Waals surface area contributed by atoms with Gasteiger partial charge < -0.3 is 14.8 Å². The van der Waals surface area contributed by atoms with Crippen LogP contribution in [0.4, 0.5) is 0 Å². The molecule has 0 saturated carbocycles. The van der Waals surface area contributed by atoms with Crippen LogP contribution in [-0.4, -0.2) is 63.0 Å². The van der Waals surface area contributed by atoms with Crippen LogP contribution in [0.25, 0.3) is 21.8 Å². The maximum atomic E-state index is 13.5. The van der Waals surface area contributed by atoms with Crippen LogP contribution in [0.3, 0.4) is 0 Å². The maximum absolute atomic E-state index is 13.5. The fraction of sp³-hybridized carbons (Fsp3) is 0.500. The van der Waals surface area contributed by atoms with E-state index in [0.29, 0.717) is 12.6 Å². The summed E-state index contributed by atoms with van der Waals surface area (Å²) in [5.74, 6) is 0.0854. The summed E-state index contributed by atoms with van der Waals surface area (Å²) in [7, 11) is 2.15. The minimum absolute atomic E-state index is 0.0854. The summed E-state index contributed by atoms with van der Waals surface area (Å²) in [6.45, 7) is 6.39. The van der Waals surface area contributed by atoms with Crippen LogP contribution in [0.2, 0.25) is 0 Å². The number of nitrogens with one attached hydrogen (secondary N) is 1. The van der Waals surface area contributed by atoms with Crippen LogP contribution < -0.4 is 5.32 Å². The normalized spacial score (nSPS) is 18.3.